The van der Waals surface area contributed by atoms with E-state index in [-0.39, 0.29) is 5.82 Å². The molecule has 0 radical (unpaired) electrons. The third-order valence-corrected chi connectivity index (χ3v) is 3.61. The molecule has 2 aromatic rings. The largest absolute Gasteiger partial charge is 0.383 e. The maximum absolute atomic E-state index is 13.3. The lowest BCUT2D eigenvalue weighted by atomic mass is 10.1. The average Bonchev–Trinajstić information content (AvgIpc) is 2.72. The van der Waals surface area contributed by atoms with Crippen LogP contribution < -0.4 is 5.73 Å². The van der Waals surface area contributed by atoms with Crippen molar-refractivity contribution in [2.45, 2.75) is 26.3 Å². The van der Waals surface area contributed by atoms with Gasteiger partial charge in [0.1, 0.15) is 23.2 Å². The van der Waals surface area contributed by atoms with Gasteiger partial charge in [0.2, 0.25) is 0 Å². The van der Waals surface area contributed by atoms with Crippen LogP contribution in [0.15, 0.2) is 22.7 Å². The number of aromatic nitrogens is 2. The Labute approximate surface area is 126 Å². The molecule has 3 nitrogen and oxygen atoms in total. The average molecular weight is 336 g/mol. The molecule has 0 unspecified atom stereocenters. The van der Waals surface area contributed by atoms with Crippen molar-refractivity contribution >= 4 is 21.7 Å². The van der Waals surface area contributed by atoms with Gasteiger partial charge >= 0.3 is 0 Å². The number of hydrogen-bond acceptors (Lipinski definition) is 2. The van der Waals surface area contributed by atoms with Gasteiger partial charge in [-0.3, -0.25) is 0 Å². The lowest BCUT2D eigenvalue weighted by molar-refractivity contribution is 0.621. The zero-order valence-electron chi connectivity index (χ0n) is 11.2. The highest BCUT2D eigenvalue weighted by Crippen LogP contribution is 2.30. The van der Waals surface area contributed by atoms with E-state index >= 15 is 0 Å². The predicted molar refractivity (Wildman–Crippen MR) is 82.6 cm³/mol. The Morgan fingerprint density at radius 1 is 1.50 bits per heavy atom. The summed E-state index contributed by atoms with van der Waals surface area (Å²) in [6.07, 6.45) is 7.13. The maximum Gasteiger partial charge on any atom is 0.137 e. The Hall–Kier alpha value is -1.80. The zero-order valence-corrected chi connectivity index (χ0v) is 12.7. The molecule has 0 amide bonds. The highest BCUT2D eigenvalue weighted by atomic mass is 79.9. The second-order valence-electron chi connectivity index (χ2n) is 4.43. The second kappa shape index (κ2) is 6.10. The summed E-state index contributed by atoms with van der Waals surface area (Å²) in [5, 5.41) is 0. The van der Waals surface area contributed by atoms with Crippen LogP contribution in [0.3, 0.4) is 0 Å². The Balaban J connectivity index is 2.54. The molecule has 1 heterocycles. The van der Waals surface area contributed by atoms with E-state index in [1.807, 2.05) is 4.57 Å². The molecule has 104 valence electrons. The van der Waals surface area contributed by atoms with Crippen molar-refractivity contribution in [1.82, 2.24) is 9.55 Å². The number of benzene rings is 1. The van der Waals surface area contributed by atoms with Crippen molar-refractivity contribution in [3.05, 3.63) is 34.3 Å². The summed E-state index contributed by atoms with van der Waals surface area (Å²) in [6, 6.07) is 4.72. The number of imidazole rings is 1. The topological polar surface area (TPSA) is 43.8 Å². The van der Waals surface area contributed by atoms with Crippen molar-refractivity contribution in [2.24, 2.45) is 0 Å². The Kier molecular flexibility index (Phi) is 4.46. The number of anilines is 1. The van der Waals surface area contributed by atoms with Gasteiger partial charge in [0.15, 0.2) is 0 Å². The number of rotatable bonds is 4. The molecule has 0 aliphatic heterocycles. The zero-order chi connectivity index (χ0) is 14.7. The van der Waals surface area contributed by atoms with E-state index in [0.717, 1.165) is 24.2 Å². The summed E-state index contributed by atoms with van der Waals surface area (Å²) in [6.45, 7) is 2.45. The van der Waals surface area contributed by atoms with Crippen molar-refractivity contribution in [2.75, 3.05) is 5.73 Å². The Morgan fingerprint density at radius 3 is 2.85 bits per heavy atom. The van der Waals surface area contributed by atoms with Crippen LogP contribution in [0.4, 0.5) is 10.2 Å². The molecule has 1 aromatic carbocycles. The Bertz CT molecular complexity index is 670. The molecular formula is C15H15BrFN3. The molecule has 1 aromatic heterocycles. The van der Waals surface area contributed by atoms with Gasteiger partial charge in [-0.2, -0.15) is 0 Å². The second-order valence-corrected chi connectivity index (χ2v) is 5.29. The number of hydrogen-bond donors (Lipinski definition) is 1. The first-order chi connectivity index (χ1) is 9.58. The molecule has 0 atom stereocenters. The van der Waals surface area contributed by atoms with E-state index in [9.17, 15) is 4.39 Å². The molecule has 0 aliphatic carbocycles. The fourth-order valence-electron chi connectivity index (χ4n) is 2.05. The van der Waals surface area contributed by atoms with E-state index in [0.29, 0.717) is 22.5 Å². The minimum atomic E-state index is -0.316. The van der Waals surface area contributed by atoms with Crippen LogP contribution in [0.5, 0.6) is 0 Å². The third kappa shape index (κ3) is 2.70. The number of aryl methyl sites for hydroxylation is 1. The predicted octanol–water partition coefficient (Wildman–Crippen LogP) is 3.62. The van der Waals surface area contributed by atoms with Crippen LogP contribution in [-0.2, 0) is 13.0 Å². The van der Waals surface area contributed by atoms with Gasteiger partial charge < -0.3 is 10.3 Å². The number of terminal acetylenes is 1. The van der Waals surface area contributed by atoms with Gasteiger partial charge in [0, 0.05) is 12.0 Å². The first-order valence-electron chi connectivity index (χ1n) is 6.32. The fraction of sp³-hybridized carbons (Fsp3) is 0.267. The molecule has 0 bridgehead atoms. The van der Waals surface area contributed by atoms with Crippen LogP contribution in [0, 0.1) is 18.2 Å². The van der Waals surface area contributed by atoms with Gasteiger partial charge in [-0.15, -0.1) is 6.42 Å². The van der Waals surface area contributed by atoms with Crippen molar-refractivity contribution in [3.8, 4) is 23.6 Å². The SMILES string of the molecule is C#CCn1c(CCC)nc(-c2ccc(F)c(Br)c2)c1N. The molecule has 0 fully saturated rings. The van der Waals surface area contributed by atoms with Crippen LogP contribution in [0.1, 0.15) is 19.2 Å². The molecule has 0 spiro atoms. The smallest absolute Gasteiger partial charge is 0.137 e. The third-order valence-electron chi connectivity index (χ3n) is 3.00. The molecule has 0 saturated heterocycles. The molecular weight excluding hydrogens is 321 g/mol. The normalized spacial score (nSPS) is 10.5. The monoisotopic (exact) mass is 335 g/mol. The molecule has 2 rings (SSSR count). The summed E-state index contributed by atoms with van der Waals surface area (Å²) < 4.78 is 15.5. The molecule has 20 heavy (non-hydrogen) atoms. The van der Waals surface area contributed by atoms with Gasteiger partial charge in [-0.1, -0.05) is 12.8 Å². The molecule has 5 heteroatoms. The quantitative estimate of drug-likeness (QED) is 0.867. The standard InChI is InChI=1S/C15H15BrFN3/c1-3-5-13-19-14(15(18)20(13)8-4-2)10-6-7-12(17)11(16)9-10/h2,6-7,9H,3,5,8,18H2,1H3. The first kappa shape index (κ1) is 14.6. The van der Waals surface area contributed by atoms with Crippen LogP contribution in [0.25, 0.3) is 11.3 Å². The lowest BCUT2D eigenvalue weighted by Gasteiger charge is -2.05. The first-order valence-corrected chi connectivity index (χ1v) is 7.11. The van der Waals surface area contributed by atoms with Gasteiger partial charge in [-0.05, 0) is 40.5 Å². The fourth-order valence-corrected chi connectivity index (χ4v) is 2.43. The van der Waals surface area contributed by atoms with Gasteiger partial charge in [0.05, 0.1) is 11.0 Å². The highest BCUT2D eigenvalue weighted by Gasteiger charge is 2.16. The summed E-state index contributed by atoms with van der Waals surface area (Å²) in [4.78, 5) is 4.56. The summed E-state index contributed by atoms with van der Waals surface area (Å²) >= 11 is 3.17. The minimum absolute atomic E-state index is 0.316. The lowest BCUT2D eigenvalue weighted by Crippen LogP contribution is -2.06. The number of nitrogens with two attached hydrogens (primary N) is 1. The van der Waals surface area contributed by atoms with Crippen LogP contribution >= 0.6 is 15.9 Å². The van der Waals surface area contributed by atoms with Crippen molar-refractivity contribution in [1.29, 1.82) is 0 Å². The number of nitrogen functional groups attached to an aromatic ring is 1. The van der Waals surface area contributed by atoms with Crippen LogP contribution in [-0.4, -0.2) is 9.55 Å². The Morgan fingerprint density at radius 2 is 2.25 bits per heavy atom. The molecule has 0 aliphatic rings. The van der Waals surface area contributed by atoms with Crippen molar-refractivity contribution < 1.29 is 4.39 Å². The maximum atomic E-state index is 13.3. The van der Waals surface area contributed by atoms with Crippen molar-refractivity contribution in [3.63, 3.8) is 0 Å². The summed E-state index contributed by atoms with van der Waals surface area (Å²) in [7, 11) is 0. The van der Waals surface area contributed by atoms with Gasteiger partial charge in [-0.25, -0.2) is 9.37 Å². The minimum Gasteiger partial charge on any atom is -0.383 e. The van der Waals surface area contributed by atoms with Crippen LogP contribution in [0.2, 0.25) is 0 Å². The molecule has 2 N–H and O–H groups in total. The van der Waals surface area contributed by atoms with E-state index < -0.39 is 0 Å². The summed E-state index contributed by atoms with van der Waals surface area (Å²) in [5.74, 6) is 3.65. The van der Waals surface area contributed by atoms with E-state index in [2.05, 4.69) is 33.8 Å². The highest BCUT2D eigenvalue weighted by molar-refractivity contribution is 9.10. The summed E-state index contributed by atoms with van der Waals surface area (Å²) in [5.41, 5.74) is 7.55. The van der Waals surface area contributed by atoms with E-state index in [4.69, 9.17) is 12.2 Å². The van der Waals surface area contributed by atoms with E-state index in [1.54, 1.807) is 12.1 Å². The van der Waals surface area contributed by atoms with E-state index in [1.165, 1.54) is 6.07 Å². The van der Waals surface area contributed by atoms with Gasteiger partial charge in [0.25, 0.3) is 0 Å². The number of nitrogens with zero attached hydrogens (tertiary/aromatic N) is 2. The number of halogens is 2. The molecule has 0 saturated carbocycles.